The van der Waals surface area contributed by atoms with Crippen molar-refractivity contribution in [3.63, 3.8) is 0 Å². The Hall–Kier alpha value is -2.84. The van der Waals surface area contributed by atoms with Crippen molar-refractivity contribution in [1.29, 1.82) is 5.26 Å². The average molecular weight is 309 g/mol. The van der Waals surface area contributed by atoms with E-state index in [0.717, 1.165) is 11.1 Å². The number of hydrogen-bond acceptors (Lipinski definition) is 3. The fraction of sp³-hybridized carbons (Fsp3) is 0.222. The summed E-state index contributed by atoms with van der Waals surface area (Å²) in [7, 11) is 1.62. The van der Waals surface area contributed by atoms with Gasteiger partial charge in [-0.2, -0.15) is 5.26 Å². The molecule has 0 saturated carbocycles. The number of rotatable bonds is 6. The van der Waals surface area contributed by atoms with Gasteiger partial charge in [-0.1, -0.05) is 42.5 Å². The van der Waals surface area contributed by atoms with Gasteiger partial charge in [0, 0.05) is 20.2 Å². The molecular weight excluding hydrogens is 290 g/mol. The van der Waals surface area contributed by atoms with E-state index in [0.29, 0.717) is 18.7 Å². The van der Waals surface area contributed by atoms with Gasteiger partial charge < -0.3 is 15.4 Å². The number of amides is 2. The van der Waals surface area contributed by atoms with Gasteiger partial charge >= 0.3 is 6.03 Å². The van der Waals surface area contributed by atoms with E-state index in [-0.39, 0.29) is 12.1 Å². The number of nitriles is 1. The minimum Gasteiger partial charge on any atom is -0.375 e. The molecule has 0 radical (unpaired) electrons. The molecule has 0 spiro atoms. The van der Waals surface area contributed by atoms with Crippen molar-refractivity contribution in [2.45, 2.75) is 12.6 Å². The number of hydrogen-bond donors (Lipinski definition) is 2. The Bertz CT molecular complexity index is 663. The minimum atomic E-state index is -0.257. The molecule has 0 aliphatic heterocycles. The van der Waals surface area contributed by atoms with Crippen LogP contribution in [0.25, 0.3) is 0 Å². The largest absolute Gasteiger partial charge is 0.375 e. The standard InChI is InChI=1S/C18H19N3O2/c1-23-17(16-5-3-2-4-6-16)13-21-18(22)20-12-15-9-7-14(11-19)8-10-15/h2-10,17H,12-13H2,1H3,(H2,20,21,22)/t17-/m1/s1. The molecule has 0 aliphatic rings. The summed E-state index contributed by atoms with van der Waals surface area (Å²) in [5, 5.41) is 14.3. The normalized spacial score (nSPS) is 11.3. The maximum atomic E-state index is 11.9. The van der Waals surface area contributed by atoms with Gasteiger partial charge in [-0.05, 0) is 23.3 Å². The summed E-state index contributed by atoms with van der Waals surface area (Å²) in [6, 6.07) is 18.6. The smallest absolute Gasteiger partial charge is 0.315 e. The van der Waals surface area contributed by atoms with Crippen LogP contribution in [0.4, 0.5) is 4.79 Å². The summed E-state index contributed by atoms with van der Waals surface area (Å²) >= 11 is 0. The molecule has 2 amide bonds. The van der Waals surface area contributed by atoms with Crippen LogP contribution in [0, 0.1) is 11.3 Å². The Labute approximate surface area is 135 Å². The summed E-state index contributed by atoms with van der Waals surface area (Å²) in [6.07, 6.45) is -0.183. The predicted octanol–water partition coefficient (Wildman–Crippen LogP) is 2.75. The fourth-order valence-electron chi connectivity index (χ4n) is 2.13. The molecule has 2 N–H and O–H groups in total. The number of carbonyl (C=O) groups excluding carboxylic acids is 1. The van der Waals surface area contributed by atoms with Crippen LogP contribution in [-0.4, -0.2) is 19.7 Å². The first kappa shape index (κ1) is 16.5. The molecule has 0 aromatic heterocycles. The number of methoxy groups -OCH3 is 1. The van der Waals surface area contributed by atoms with Crippen molar-refractivity contribution in [2.24, 2.45) is 0 Å². The zero-order valence-corrected chi connectivity index (χ0v) is 13.0. The van der Waals surface area contributed by atoms with E-state index in [1.807, 2.05) is 42.5 Å². The van der Waals surface area contributed by atoms with Crippen LogP contribution in [0.1, 0.15) is 22.8 Å². The molecule has 118 valence electrons. The maximum Gasteiger partial charge on any atom is 0.315 e. The Morgan fingerprint density at radius 1 is 1.13 bits per heavy atom. The van der Waals surface area contributed by atoms with Gasteiger partial charge in [0.1, 0.15) is 0 Å². The van der Waals surface area contributed by atoms with Crippen molar-refractivity contribution >= 4 is 6.03 Å². The molecule has 5 heteroatoms. The molecule has 0 heterocycles. The molecular formula is C18H19N3O2. The first-order valence-corrected chi connectivity index (χ1v) is 7.31. The van der Waals surface area contributed by atoms with E-state index in [9.17, 15) is 4.79 Å². The topological polar surface area (TPSA) is 74.2 Å². The number of carbonyl (C=O) groups is 1. The second-order valence-electron chi connectivity index (χ2n) is 5.01. The quantitative estimate of drug-likeness (QED) is 0.861. The lowest BCUT2D eigenvalue weighted by atomic mass is 10.1. The van der Waals surface area contributed by atoms with Gasteiger partial charge in [-0.25, -0.2) is 4.79 Å². The van der Waals surface area contributed by atoms with Crippen molar-refractivity contribution in [1.82, 2.24) is 10.6 Å². The van der Waals surface area contributed by atoms with E-state index >= 15 is 0 Å². The zero-order chi connectivity index (χ0) is 16.5. The predicted molar refractivity (Wildman–Crippen MR) is 87.6 cm³/mol. The van der Waals surface area contributed by atoms with Crippen LogP contribution >= 0.6 is 0 Å². The number of urea groups is 1. The molecule has 5 nitrogen and oxygen atoms in total. The lowest BCUT2D eigenvalue weighted by molar-refractivity contribution is 0.104. The van der Waals surface area contributed by atoms with Crippen molar-refractivity contribution in [2.75, 3.05) is 13.7 Å². The average Bonchev–Trinajstić information content (AvgIpc) is 2.62. The monoisotopic (exact) mass is 309 g/mol. The van der Waals surface area contributed by atoms with Crippen molar-refractivity contribution in [3.8, 4) is 6.07 Å². The molecule has 0 aliphatic carbocycles. The molecule has 0 saturated heterocycles. The Morgan fingerprint density at radius 3 is 2.43 bits per heavy atom. The van der Waals surface area contributed by atoms with E-state index in [1.54, 1.807) is 19.2 Å². The van der Waals surface area contributed by atoms with Gasteiger partial charge in [0.05, 0.1) is 17.7 Å². The van der Waals surface area contributed by atoms with Crippen molar-refractivity contribution < 1.29 is 9.53 Å². The Balaban J connectivity index is 1.79. The molecule has 0 bridgehead atoms. The van der Waals surface area contributed by atoms with E-state index < -0.39 is 0 Å². The van der Waals surface area contributed by atoms with Crippen molar-refractivity contribution in [3.05, 3.63) is 71.3 Å². The fourth-order valence-corrected chi connectivity index (χ4v) is 2.13. The molecule has 2 aromatic carbocycles. The molecule has 2 aromatic rings. The lowest BCUT2D eigenvalue weighted by Crippen LogP contribution is -2.37. The van der Waals surface area contributed by atoms with E-state index in [1.165, 1.54) is 0 Å². The third-order valence-electron chi connectivity index (χ3n) is 3.44. The third-order valence-corrected chi connectivity index (χ3v) is 3.44. The maximum absolute atomic E-state index is 11.9. The van der Waals surface area contributed by atoms with Gasteiger partial charge in [-0.3, -0.25) is 0 Å². The summed E-state index contributed by atoms with van der Waals surface area (Å²) in [4.78, 5) is 11.9. The van der Waals surface area contributed by atoms with Crippen LogP contribution in [0.15, 0.2) is 54.6 Å². The number of ether oxygens (including phenoxy) is 1. The highest BCUT2D eigenvalue weighted by Gasteiger charge is 2.11. The SMILES string of the molecule is CO[C@H](CNC(=O)NCc1ccc(C#N)cc1)c1ccccc1. The first-order valence-electron chi connectivity index (χ1n) is 7.31. The number of benzene rings is 2. The van der Waals surface area contributed by atoms with Crippen LogP contribution in [0.3, 0.4) is 0 Å². The third kappa shape index (κ3) is 5.13. The Kier molecular flexibility index (Phi) is 6.16. The Morgan fingerprint density at radius 2 is 1.83 bits per heavy atom. The van der Waals surface area contributed by atoms with Gasteiger partial charge in [0.25, 0.3) is 0 Å². The van der Waals surface area contributed by atoms with E-state index in [2.05, 4.69) is 16.7 Å². The van der Waals surface area contributed by atoms with Gasteiger partial charge in [-0.15, -0.1) is 0 Å². The second-order valence-corrected chi connectivity index (χ2v) is 5.01. The molecule has 23 heavy (non-hydrogen) atoms. The van der Waals surface area contributed by atoms with Gasteiger partial charge in [0.15, 0.2) is 0 Å². The van der Waals surface area contributed by atoms with Crippen LogP contribution < -0.4 is 10.6 Å². The first-order chi connectivity index (χ1) is 11.2. The number of nitrogens with one attached hydrogen (secondary N) is 2. The van der Waals surface area contributed by atoms with Crippen LogP contribution in [-0.2, 0) is 11.3 Å². The molecule has 1 atom stereocenters. The van der Waals surface area contributed by atoms with Gasteiger partial charge in [0.2, 0.25) is 0 Å². The summed E-state index contributed by atoms with van der Waals surface area (Å²) < 4.78 is 5.40. The number of nitrogens with zero attached hydrogens (tertiary/aromatic N) is 1. The molecule has 0 fully saturated rings. The summed E-state index contributed by atoms with van der Waals surface area (Å²) in [6.45, 7) is 0.792. The molecule has 2 rings (SSSR count). The zero-order valence-electron chi connectivity index (χ0n) is 13.0. The minimum absolute atomic E-state index is 0.183. The summed E-state index contributed by atoms with van der Waals surface area (Å²) in [5.74, 6) is 0. The van der Waals surface area contributed by atoms with Crippen LogP contribution in [0.5, 0.6) is 0 Å². The lowest BCUT2D eigenvalue weighted by Gasteiger charge is -2.16. The van der Waals surface area contributed by atoms with E-state index in [4.69, 9.17) is 10.00 Å². The second kappa shape index (κ2) is 8.57. The highest BCUT2D eigenvalue weighted by atomic mass is 16.5. The molecule has 0 unspecified atom stereocenters. The van der Waals surface area contributed by atoms with Crippen LogP contribution in [0.2, 0.25) is 0 Å². The summed E-state index contributed by atoms with van der Waals surface area (Å²) in [5.41, 5.74) is 2.55. The highest BCUT2D eigenvalue weighted by Crippen LogP contribution is 2.14. The highest BCUT2D eigenvalue weighted by molar-refractivity contribution is 5.73.